The molecule has 0 fully saturated rings. The normalized spacial score (nSPS) is 11.4. The van der Waals surface area contributed by atoms with Crippen LogP contribution in [0.5, 0.6) is 0 Å². The van der Waals surface area contributed by atoms with E-state index in [9.17, 15) is 0 Å². The van der Waals surface area contributed by atoms with Gasteiger partial charge in [-0.2, -0.15) is 0 Å². The number of allylic oxidation sites excluding steroid dienone is 1. The molecule has 48 valence electrons. The van der Waals surface area contributed by atoms with Crippen molar-refractivity contribution in [2.75, 3.05) is 0 Å². The summed E-state index contributed by atoms with van der Waals surface area (Å²) in [5.74, 6) is 0. The molecule has 0 unspecified atom stereocenters. The molecule has 0 aliphatic rings. The van der Waals surface area contributed by atoms with Crippen LogP contribution in [0.4, 0.5) is 0 Å². The van der Waals surface area contributed by atoms with Crippen LogP contribution in [0.3, 0.4) is 0 Å². The molecular formula is C6H14OSi. The van der Waals surface area contributed by atoms with E-state index in [1.165, 1.54) is 0 Å². The summed E-state index contributed by atoms with van der Waals surface area (Å²) in [5, 5.41) is 0. The van der Waals surface area contributed by atoms with E-state index in [1.54, 1.807) is 0 Å². The Labute approximate surface area is 53.7 Å². The van der Waals surface area contributed by atoms with Crippen LogP contribution >= 0.6 is 0 Å². The smallest absolute Gasteiger partial charge is 0.165 e. The quantitative estimate of drug-likeness (QED) is 0.314. The Kier molecular flexibility index (Phi) is 5.01. The highest BCUT2D eigenvalue weighted by molar-refractivity contribution is 6.27. The molecule has 0 amide bonds. The van der Waals surface area contributed by atoms with Crippen LogP contribution in [0.25, 0.3) is 0 Å². The Hall–Kier alpha value is -0.0831. The third-order valence-electron chi connectivity index (χ3n) is 0.773. The second-order valence-electron chi connectivity index (χ2n) is 2.00. The van der Waals surface area contributed by atoms with E-state index in [1.807, 2.05) is 6.08 Å². The van der Waals surface area contributed by atoms with E-state index in [0.29, 0.717) is 6.10 Å². The molecule has 0 heterocycles. The molecule has 8 heavy (non-hydrogen) atoms. The highest BCUT2D eigenvalue weighted by atomic mass is 28.2. The second-order valence-corrected chi connectivity index (χ2v) is 3.32. The van der Waals surface area contributed by atoms with Crippen LogP contribution in [0.1, 0.15) is 13.8 Å². The van der Waals surface area contributed by atoms with E-state index in [-0.39, 0.29) is 9.76 Å². The number of rotatable bonds is 4. The fourth-order valence-corrected chi connectivity index (χ4v) is 1.16. The average Bonchev–Trinajstić information content (AvgIpc) is 1.66. The Morgan fingerprint density at radius 2 is 2.38 bits per heavy atom. The molecule has 0 aromatic carbocycles. The zero-order chi connectivity index (χ0) is 6.41. The molecule has 0 saturated carbocycles. The van der Waals surface area contributed by atoms with Gasteiger partial charge in [-0.1, -0.05) is 6.08 Å². The van der Waals surface area contributed by atoms with Gasteiger partial charge in [-0.15, -0.1) is 6.58 Å². The summed E-state index contributed by atoms with van der Waals surface area (Å²) in [5.41, 5.74) is 0. The van der Waals surface area contributed by atoms with E-state index in [0.717, 1.165) is 6.04 Å². The molecule has 0 atom stereocenters. The van der Waals surface area contributed by atoms with Gasteiger partial charge in [0.2, 0.25) is 0 Å². The first kappa shape index (κ1) is 7.92. The molecule has 0 N–H and O–H groups in total. The largest absolute Gasteiger partial charge is 0.421 e. The van der Waals surface area contributed by atoms with Crippen molar-refractivity contribution in [1.82, 2.24) is 0 Å². The summed E-state index contributed by atoms with van der Waals surface area (Å²) in [6, 6.07) is 1.10. The molecule has 1 nitrogen and oxygen atoms in total. The molecular weight excluding hydrogens is 116 g/mol. The van der Waals surface area contributed by atoms with Gasteiger partial charge in [0.1, 0.15) is 0 Å². The maximum atomic E-state index is 5.35. The van der Waals surface area contributed by atoms with Gasteiger partial charge in [-0.05, 0) is 19.9 Å². The molecule has 0 rings (SSSR count). The summed E-state index contributed by atoms with van der Waals surface area (Å²) in [6.07, 6.45) is 2.34. The van der Waals surface area contributed by atoms with E-state index in [2.05, 4.69) is 20.4 Å². The van der Waals surface area contributed by atoms with Crippen LogP contribution in [0, 0.1) is 0 Å². The third-order valence-corrected chi connectivity index (χ3v) is 2.32. The monoisotopic (exact) mass is 130 g/mol. The van der Waals surface area contributed by atoms with Crippen molar-refractivity contribution < 1.29 is 4.43 Å². The molecule has 0 spiro atoms. The Morgan fingerprint density at radius 1 is 1.75 bits per heavy atom. The van der Waals surface area contributed by atoms with E-state index >= 15 is 0 Å². The van der Waals surface area contributed by atoms with Gasteiger partial charge in [-0.3, -0.25) is 0 Å². The van der Waals surface area contributed by atoms with Crippen molar-refractivity contribution in [3.8, 4) is 0 Å². The summed E-state index contributed by atoms with van der Waals surface area (Å²) < 4.78 is 5.35. The van der Waals surface area contributed by atoms with Gasteiger partial charge < -0.3 is 4.43 Å². The molecule has 2 heteroatoms. The average molecular weight is 130 g/mol. The van der Waals surface area contributed by atoms with Gasteiger partial charge >= 0.3 is 0 Å². The number of hydrogen-bond donors (Lipinski definition) is 0. The zero-order valence-electron chi connectivity index (χ0n) is 5.68. The van der Waals surface area contributed by atoms with Crippen molar-refractivity contribution in [3.05, 3.63) is 12.7 Å². The zero-order valence-corrected chi connectivity index (χ0v) is 7.10. The van der Waals surface area contributed by atoms with Crippen LogP contribution < -0.4 is 0 Å². The molecule has 0 aliphatic carbocycles. The SMILES string of the molecule is C=CC[SiH2]OC(C)C. The predicted molar refractivity (Wildman–Crippen MR) is 39.8 cm³/mol. The maximum Gasteiger partial charge on any atom is 0.165 e. The van der Waals surface area contributed by atoms with Crippen LogP contribution in [-0.2, 0) is 4.43 Å². The van der Waals surface area contributed by atoms with Gasteiger partial charge in [0.15, 0.2) is 9.76 Å². The van der Waals surface area contributed by atoms with Crippen LogP contribution in [-0.4, -0.2) is 15.9 Å². The minimum atomic E-state index is -0.254. The van der Waals surface area contributed by atoms with Crippen molar-refractivity contribution in [1.29, 1.82) is 0 Å². The fraction of sp³-hybridized carbons (Fsp3) is 0.667. The Balaban J connectivity index is 2.81. The third kappa shape index (κ3) is 5.92. The van der Waals surface area contributed by atoms with Gasteiger partial charge in [0, 0.05) is 6.10 Å². The minimum absolute atomic E-state index is 0.254. The standard InChI is InChI=1S/C6H14OSi/c1-4-5-8-7-6(2)3/h4,6H,1,5,8H2,2-3H3. The van der Waals surface area contributed by atoms with Crippen LogP contribution in [0.15, 0.2) is 12.7 Å². The molecule has 0 aliphatic heterocycles. The summed E-state index contributed by atoms with van der Waals surface area (Å²) >= 11 is 0. The first-order valence-corrected chi connectivity index (χ1v) is 4.57. The minimum Gasteiger partial charge on any atom is -0.421 e. The fourth-order valence-electron chi connectivity index (χ4n) is 0.387. The lowest BCUT2D eigenvalue weighted by Crippen LogP contribution is -2.05. The molecule has 0 aromatic rings. The predicted octanol–water partition coefficient (Wildman–Crippen LogP) is 1.10. The lowest BCUT2D eigenvalue weighted by molar-refractivity contribution is 0.256. The molecule has 0 saturated heterocycles. The lowest BCUT2D eigenvalue weighted by atomic mass is 10.5. The van der Waals surface area contributed by atoms with Gasteiger partial charge in [0.25, 0.3) is 0 Å². The lowest BCUT2D eigenvalue weighted by Gasteiger charge is -2.03. The van der Waals surface area contributed by atoms with E-state index in [4.69, 9.17) is 4.43 Å². The van der Waals surface area contributed by atoms with Gasteiger partial charge in [-0.25, -0.2) is 0 Å². The Morgan fingerprint density at radius 3 is 2.75 bits per heavy atom. The molecule has 0 radical (unpaired) electrons. The number of hydrogen-bond acceptors (Lipinski definition) is 1. The topological polar surface area (TPSA) is 9.23 Å². The molecule has 0 bridgehead atoms. The first-order valence-electron chi connectivity index (χ1n) is 3.00. The molecule has 0 aromatic heterocycles. The van der Waals surface area contributed by atoms with Crippen molar-refractivity contribution in [2.45, 2.75) is 26.0 Å². The van der Waals surface area contributed by atoms with Crippen molar-refractivity contribution >= 4 is 9.76 Å². The van der Waals surface area contributed by atoms with E-state index < -0.39 is 0 Å². The summed E-state index contributed by atoms with van der Waals surface area (Å²) in [4.78, 5) is 0. The van der Waals surface area contributed by atoms with Crippen molar-refractivity contribution in [3.63, 3.8) is 0 Å². The Bertz CT molecular complexity index is 61.5. The first-order chi connectivity index (χ1) is 3.77. The second kappa shape index (κ2) is 5.06. The summed E-state index contributed by atoms with van der Waals surface area (Å²) in [7, 11) is -0.254. The maximum absolute atomic E-state index is 5.35. The van der Waals surface area contributed by atoms with Crippen LogP contribution in [0.2, 0.25) is 6.04 Å². The highest BCUT2D eigenvalue weighted by Crippen LogP contribution is 1.87. The highest BCUT2D eigenvalue weighted by Gasteiger charge is 1.88. The van der Waals surface area contributed by atoms with Gasteiger partial charge in [0.05, 0.1) is 0 Å². The summed E-state index contributed by atoms with van der Waals surface area (Å²) in [6.45, 7) is 7.74. The van der Waals surface area contributed by atoms with Crippen molar-refractivity contribution in [2.24, 2.45) is 0 Å².